The summed E-state index contributed by atoms with van der Waals surface area (Å²) in [6, 6.07) is 16.2. The van der Waals surface area contributed by atoms with Crippen LogP contribution in [0.4, 0.5) is 0 Å². The van der Waals surface area contributed by atoms with E-state index in [9.17, 15) is 4.79 Å². The lowest BCUT2D eigenvalue weighted by molar-refractivity contribution is -0.918. The topological polar surface area (TPSA) is 33.5 Å². The number of rotatable bonds is 5. The first kappa shape index (κ1) is 16.7. The summed E-state index contributed by atoms with van der Waals surface area (Å²) < 4.78 is 0. The molecule has 0 spiro atoms. The number of carbonyl (C=O) groups is 1. The Labute approximate surface area is 144 Å². The van der Waals surface area contributed by atoms with Crippen molar-refractivity contribution in [1.29, 1.82) is 0 Å². The molecule has 126 valence electrons. The second-order valence-electron chi connectivity index (χ2n) is 6.80. The van der Waals surface area contributed by atoms with Crippen LogP contribution in [0.3, 0.4) is 0 Å². The van der Waals surface area contributed by atoms with E-state index in [2.05, 4.69) is 29.6 Å². The predicted octanol–water partition coefficient (Wildman–Crippen LogP) is 2.49. The molecule has 24 heavy (non-hydrogen) atoms. The van der Waals surface area contributed by atoms with Gasteiger partial charge in [0.2, 0.25) is 0 Å². The quantitative estimate of drug-likeness (QED) is 0.871. The van der Waals surface area contributed by atoms with E-state index in [0.29, 0.717) is 6.54 Å². The highest BCUT2D eigenvalue weighted by Gasteiger charge is 2.16. The molecule has 3 nitrogen and oxygen atoms in total. The molecule has 1 aliphatic heterocycles. The number of likely N-dealkylation sites (tertiary alicyclic amines) is 1. The number of hydrogen-bond acceptors (Lipinski definition) is 1. The third-order valence-electron chi connectivity index (χ3n) is 4.87. The van der Waals surface area contributed by atoms with Crippen LogP contribution < -0.4 is 10.2 Å². The van der Waals surface area contributed by atoms with Gasteiger partial charge in [0.25, 0.3) is 5.91 Å². The van der Waals surface area contributed by atoms with E-state index < -0.39 is 0 Å². The Balaban J connectivity index is 1.62. The lowest BCUT2D eigenvalue weighted by atomic mass is 10.0. The molecule has 1 heterocycles. The summed E-state index contributed by atoms with van der Waals surface area (Å²) in [6.45, 7) is 6.22. The fourth-order valence-corrected chi connectivity index (χ4v) is 3.38. The molecule has 0 saturated carbocycles. The third kappa shape index (κ3) is 4.45. The molecule has 3 heteroatoms. The van der Waals surface area contributed by atoms with Crippen molar-refractivity contribution in [3.8, 4) is 0 Å². The Morgan fingerprint density at radius 2 is 1.62 bits per heavy atom. The second kappa shape index (κ2) is 8.11. The molecule has 2 aromatic carbocycles. The molecule has 1 amide bonds. The van der Waals surface area contributed by atoms with E-state index in [-0.39, 0.29) is 5.91 Å². The van der Waals surface area contributed by atoms with E-state index in [4.69, 9.17) is 0 Å². The minimum atomic E-state index is -0.00452. The average molecular weight is 323 g/mol. The Morgan fingerprint density at radius 3 is 2.33 bits per heavy atom. The molecule has 0 unspecified atom stereocenters. The number of hydrogen-bond donors (Lipinski definition) is 2. The monoisotopic (exact) mass is 323 g/mol. The van der Waals surface area contributed by atoms with Gasteiger partial charge in [-0.2, -0.15) is 0 Å². The second-order valence-corrected chi connectivity index (χ2v) is 6.80. The normalized spacial score (nSPS) is 15.2. The predicted molar refractivity (Wildman–Crippen MR) is 97.0 cm³/mol. The number of aryl methyl sites for hydroxylation is 1. The maximum Gasteiger partial charge on any atom is 0.251 e. The van der Waals surface area contributed by atoms with Gasteiger partial charge in [0, 0.05) is 17.7 Å². The van der Waals surface area contributed by atoms with Crippen molar-refractivity contribution in [2.75, 3.05) is 13.1 Å². The molecule has 3 rings (SSSR count). The van der Waals surface area contributed by atoms with Gasteiger partial charge in [-0.15, -0.1) is 0 Å². The van der Waals surface area contributed by atoms with Crippen LogP contribution in [0, 0.1) is 6.92 Å². The summed E-state index contributed by atoms with van der Waals surface area (Å²) in [5, 5.41) is 3.06. The van der Waals surface area contributed by atoms with Gasteiger partial charge in [0.15, 0.2) is 0 Å². The van der Waals surface area contributed by atoms with Crippen LogP contribution >= 0.6 is 0 Å². The molecule has 2 aromatic rings. The molecule has 0 aromatic heterocycles. The van der Waals surface area contributed by atoms with Crippen molar-refractivity contribution < 1.29 is 9.69 Å². The van der Waals surface area contributed by atoms with Gasteiger partial charge in [-0.3, -0.25) is 4.79 Å². The Bertz CT molecular complexity index is 672. The highest BCUT2D eigenvalue weighted by molar-refractivity contribution is 5.94. The van der Waals surface area contributed by atoms with E-state index >= 15 is 0 Å². The fraction of sp³-hybridized carbons (Fsp3) is 0.381. The summed E-state index contributed by atoms with van der Waals surface area (Å²) in [7, 11) is 0. The van der Waals surface area contributed by atoms with Gasteiger partial charge in [-0.05, 0) is 43.9 Å². The summed E-state index contributed by atoms with van der Waals surface area (Å²) in [5.74, 6) is -0.00452. The minimum Gasteiger partial charge on any atom is -0.348 e. The Hall–Kier alpha value is -2.13. The number of amides is 1. The van der Waals surface area contributed by atoms with Crippen molar-refractivity contribution in [2.24, 2.45) is 0 Å². The standard InChI is InChI=1S/C21H26N2O/c1-17-9-11-18(12-10-17)21(24)22-15-19-7-3-4-8-20(19)16-23-13-5-2-6-14-23/h3-4,7-12H,2,5-6,13-16H2,1H3,(H,22,24)/p+1. The van der Waals surface area contributed by atoms with Gasteiger partial charge in [0.05, 0.1) is 13.1 Å². The third-order valence-corrected chi connectivity index (χ3v) is 4.87. The molecule has 1 saturated heterocycles. The van der Waals surface area contributed by atoms with Crippen LogP contribution in [-0.4, -0.2) is 19.0 Å². The summed E-state index contributed by atoms with van der Waals surface area (Å²) in [5.41, 5.74) is 4.48. The first-order valence-corrected chi connectivity index (χ1v) is 8.97. The van der Waals surface area contributed by atoms with Gasteiger partial charge >= 0.3 is 0 Å². The van der Waals surface area contributed by atoms with Crippen molar-refractivity contribution in [3.63, 3.8) is 0 Å². The van der Waals surface area contributed by atoms with Crippen molar-refractivity contribution in [1.82, 2.24) is 5.32 Å². The van der Waals surface area contributed by atoms with E-state index in [1.807, 2.05) is 31.2 Å². The smallest absolute Gasteiger partial charge is 0.251 e. The number of benzene rings is 2. The van der Waals surface area contributed by atoms with E-state index in [1.165, 1.54) is 49.0 Å². The molecule has 2 N–H and O–H groups in total. The maximum atomic E-state index is 12.3. The van der Waals surface area contributed by atoms with E-state index in [0.717, 1.165) is 12.1 Å². The number of piperidine rings is 1. The first-order valence-electron chi connectivity index (χ1n) is 8.97. The van der Waals surface area contributed by atoms with Crippen LogP contribution in [0.1, 0.15) is 46.3 Å². The van der Waals surface area contributed by atoms with Crippen LogP contribution in [-0.2, 0) is 13.1 Å². The molecule has 0 radical (unpaired) electrons. The highest BCUT2D eigenvalue weighted by Crippen LogP contribution is 2.09. The summed E-state index contributed by atoms with van der Waals surface area (Å²) in [4.78, 5) is 14.0. The summed E-state index contributed by atoms with van der Waals surface area (Å²) in [6.07, 6.45) is 4.04. The lowest BCUT2D eigenvalue weighted by Crippen LogP contribution is -3.11. The molecule has 1 aliphatic rings. The van der Waals surface area contributed by atoms with Crippen molar-refractivity contribution >= 4 is 5.91 Å². The molecule has 0 bridgehead atoms. The van der Waals surface area contributed by atoms with Crippen molar-refractivity contribution in [2.45, 2.75) is 39.3 Å². The zero-order valence-electron chi connectivity index (χ0n) is 14.5. The molecule has 0 atom stereocenters. The largest absolute Gasteiger partial charge is 0.348 e. The first-order chi connectivity index (χ1) is 11.7. The van der Waals surface area contributed by atoms with Gasteiger partial charge in [0.1, 0.15) is 6.54 Å². The zero-order valence-corrected chi connectivity index (χ0v) is 14.5. The molecule has 1 fully saturated rings. The zero-order chi connectivity index (χ0) is 16.8. The number of quaternary nitrogens is 1. The number of nitrogens with one attached hydrogen (secondary N) is 2. The van der Waals surface area contributed by atoms with Crippen molar-refractivity contribution in [3.05, 3.63) is 70.8 Å². The van der Waals surface area contributed by atoms with Gasteiger partial charge in [-0.25, -0.2) is 0 Å². The minimum absolute atomic E-state index is 0.00452. The molecular formula is C21H27N2O+. The van der Waals surface area contributed by atoms with Crippen LogP contribution in [0.15, 0.2) is 48.5 Å². The average Bonchev–Trinajstić information content (AvgIpc) is 2.62. The Morgan fingerprint density at radius 1 is 0.958 bits per heavy atom. The van der Waals surface area contributed by atoms with Crippen LogP contribution in [0.25, 0.3) is 0 Å². The molecule has 0 aliphatic carbocycles. The SMILES string of the molecule is Cc1ccc(C(=O)NCc2ccccc2C[NH+]2CCCCC2)cc1. The highest BCUT2D eigenvalue weighted by atomic mass is 16.1. The van der Waals surface area contributed by atoms with Gasteiger partial charge in [-0.1, -0.05) is 42.0 Å². The fourth-order valence-electron chi connectivity index (χ4n) is 3.38. The van der Waals surface area contributed by atoms with Crippen LogP contribution in [0.2, 0.25) is 0 Å². The van der Waals surface area contributed by atoms with Crippen LogP contribution in [0.5, 0.6) is 0 Å². The van der Waals surface area contributed by atoms with Gasteiger partial charge < -0.3 is 10.2 Å². The lowest BCUT2D eigenvalue weighted by Gasteiger charge is -2.24. The summed E-state index contributed by atoms with van der Waals surface area (Å²) >= 11 is 0. The number of carbonyl (C=O) groups excluding carboxylic acids is 1. The maximum absolute atomic E-state index is 12.3. The molecular weight excluding hydrogens is 296 g/mol. The van der Waals surface area contributed by atoms with E-state index in [1.54, 1.807) is 4.90 Å². The Kier molecular flexibility index (Phi) is 5.65.